The molecule has 0 radical (unpaired) electrons. The fourth-order valence-corrected chi connectivity index (χ4v) is 2.35. The lowest BCUT2D eigenvalue weighted by molar-refractivity contribution is 0.564. The summed E-state index contributed by atoms with van der Waals surface area (Å²) in [6.07, 6.45) is 2.95. The van der Waals surface area contributed by atoms with E-state index in [2.05, 4.69) is 6.92 Å². The predicted molar refractivity (Wildman–Crippen MR) is 78.6 cm³/mol. The molecular weight excluding hydrogens is 256 g/mol. The van der Waals surface area contributed by atoms with Crippen molar-refractivity contribution in [3.63, 3.8) is 0 Å². The number of nitrogen functional groups attached to an aromatic ring is 1. The number of benzene rings is 2. The van der Waals surface area contributed by atoms with Crippen LogP contribution in [0.3, 0.4) is 0 Å². The van der Waals surface area contributed by atoms with Crippen LogP contribution in [0.1, 0.15) is 36.5 Å². The molecule has 0 unspecified atom stereocenters. The first-order valence-corrected chi connectivity index (χ1v) is 6.92. The maximum atomic E-state index is 14.0. The van der Waals surface area contributed by atoms with E-state index in [0.717, 1.165) is 24.5 Å². The Morgan fingerprint density at radius 3 is 2.50 bits per heavy atom. The quantitative estimate of drug-likeness (QED) is 0.800. The van der Waals surface area contributed by atoms with E-state index in [4.69, 9.17) is 5.73 Å². The van der Waals surface area contributed by atoms with Crippen molar-refractivity contribution in [1.29, 1.82) is 0 Å². The largest absolute Gasteiger partial charge is 0.398 e. The van der Waals surface area contributed by atoms with E-state index in [1.165, 1.54) is 6.07 Å². The van der Waals surface area contributed by atoms with Gasteiger partial charge >= 0.3 is 0 Å². The van der Waals surface area contributed by atoms with Crippen LogP contribution in [-0.2, 0) is 12.8 Å². The van der Waals surface area contributed by atoms with Crippen LogP contribution < -0.4 is 5.73 Å². The van der Waals surface area contributed by atoms with Gasteiger partial charge in [-0.15, -0.1) is 0 Å². The Labute approximate surface area is 118 Å². The number of unbranched alkanes of at least 4 members (excludes halogenated alkanes) is 1. The third-order valence-electron chi connectivity index (χ3n) is 3.47. The summed E-state index contributed by atoms with van der Waals surface area (Å²) in [6, 6.07) is 9.80. The molecule has 0 saturated carbocycles. The van der Waals surface area contributed by atoms with E-state index in [0.29, 0.717) is 29.7 Å². The second kappa shape index (κ2) is 6.51. The van der Waals surface area contributed by atoms with Crippen molar-refractivity contribution in [3.8, 4) is 0 Å². The van der Waals surface area contributed by atoms with Gasteiger partial charge in [-0.2, -0.15) is 0 Å². The van der Waals surface area contributed by atoms with Gasteiger partial charge < -0.3 is 5.73 Å². The molecule has 0 atom stereocenters. The van der Waals surface area contributed by atoms with Crippen molar-refractivity contribution in [2.24, 2.45) is 0 Å². The van der Waals surface area contributed by atoms with Crippen molar-refractivity contribution in [2.45, 2.75) is 32.6 Å². The molecule has 0 aromatic heterocycles. The minimum Gasteiger partial charge on any atom is -0.398 e. The summed E-state index contributed by atoms with van der Waals surface area (Å²) >= 11 is 0. The summed E-state index contributed by atoms with van der Waals surface area (Å²) < 4.78 is 27.4. The van der Waals surface area contributed by atoms with Crippen LogP contribution >= 0.6 is 0 Å². The number of halogens is 2. The molecule has 2 aromatic rings. The van der Waals surface area contributed by atoms with E-state index < -0.39 is 11.6 Å². The first-order valence-electron chi connectivity index (χ1n) is 6.92. The van der Waals surface area contributed by atoms with Gasteiger partial charge in [0, 0.05) is 11.8 Å². The molecule has 2 N–H and O–H groups in total. The Morgan fingerprint density at radius 1 is 1.05 bits per heavy atom. The van der Waals surface area contributed by atoms with Gasteiger partial charge in [0.1, 0.15) is 11.6 Å². The van der Waals surface area contributed by atoms with E-state index in [9.17, 15) is 8.78 Å². The van der Waals surface area contributed by atoms with Crippen molar-refractivity contribution in [1.82, 2.24) is 0 Å². The smallest absolute Gasteiger partial charge is 0.129 e. The maximum absolute atomic E-state index is 14.0. The van der Waals surface area contributed by atoms with Crippen molar-refractivity contribution in [3.05, 3.63) is 64.7 Å². The normalized spacial score (nSPS) is 10.8. The summed E-state index contributed by atoms with van der Waals surface area (Å²) in [6.45, 7) is 2.05. The minimum atomic E-state index is -0.535. The second-order valence-corrected chi connectivity index (χ2v) is 5.00. The Bertz CT molecular complexity index is 594. The molecule has 0 heterocycles. The monoisotopic (exact) mass is 275 g/mol. The van der Waals surface area contributed by atoms with Crippen LogP contribution in [0.5, 0.6) is 0 Å². The summed E-state index contributed by atoms with van der Waals surface area (Å²) in [4.78, 5) is 0. The third-order valence-corrected chi connectivity index (χ3v) is 3.47. The summed E-state index contributed by atoms with van der Waals surface area (Å²) in [5, 5.41) is 0. The van der Waals surface area contributed by atoms with Gasteiger partial charge in [0.25, 0.3) is 0 Å². The number of rotatable bonds is 5. The number of hydrogen-bond donors (Lipinski definition) is 1. The van der Waals surface area contributed by atoms with E-state index in [1.54, 1.807) is 6.07 Å². The van der Waals surface area contributed by atoms with Gasteiger partial charge in [0.15, 0.2) is 0 Å². The lowest BCUT2D eigenvalue weighted by atomic mass is 9.95. The van der Waals surface area contributed by atoms with Gasteiger partial charge in [-0.1, -0.05) is 31.5 Å². The lowest BCUT2D eigenvalue weighted by Gasteiger charge is -2.12. The molecule has 0 fully saturated rings. The first kappa shape index (κ1) is 14.5. The fraction of sp³-hybridized carbons (Fsp3) is 0.294. The van der Waals surface area contributed by atoms with E-state index >= 15 is 0 Å². The topological polar surface area (TPSA) is 26.0 Å². The summed E-state index contributed by atoms with van der Waals surface area (Å²) in [5.74, 6) is -0.991. The highest BCUT2D eigenvalue weighted by atomic mass is 19.1. The molecule has 0 aliphatic rings. The van der Waals surface area contributed by atoms with Crippen molar-refractivity contribution >= 4 is 5.69 Å². The zero-order valence-electron chi connectivity index (χ0n) is 11.6. The molecule has 2 aromatic carbocycles. The van der Waals surface area contributed by atoms with Crippen molar-refractivity contribution in [2.75, 3.05) is 5.73 Å². The van der Waals surface area contributed by atoms with Crippen LogP contribution in [0.4, 0.5) is 14.5 Å². The van der Waals surface area contributed by atoms with Gasteiger partial charge in [-0.05, 0) is 48.1 Å². The highest BCUT2D eigenvalue weighted by molar-refractivity contribution is 5.49. The molecule has 20 heavy (non-hydrogen) atoms. The van der Waals surface area contributed by atoms with Crippen LogP contribution in [0.2, 0.25) is 0 Å². The Hall–Kier alpha value is -1.90. The van der Waals surface area contributed by atoms with Gasteiger partial charge in [0.05, 0.1) is 0 Å². The fourth-order valence-electron chi connectivity index (χ4n) is 2.35. The molecule has 0 aliphatic carbocycles. The Morgan fingerprint density at radius 2 is 1.80 bits per heavy atom. The molecule has 3 heteroatoms. The van der Waals surface area contributed by atoms with Crippen LogP contribution in [-0.4, -0.2) is 0 Å². The number of hydrogen-bond acceptors (Lipinski definition) is 1. The zero-order chi connectivity index (χ0) is 14.5. The second-order valence-electron chi connectivity index (χ2n) is 5.00. The molecule has 0 spiro atoms. The molecule has 1 nitrogen and oxygen atoms in total. The highest BCUT2D eigenvalue weighted by Gasteiger charge is 2.12. The van der Waals surface area contributed by atoms with Crippen molar-refractivity contribution < 1.29 is 8.78 Å². The Balaban J connectivity index is 2.37. The van der Waals surface area contributed by atoms with Gasteiger partial charge in [0.2, 0.25) is 0 Å². The standard InChI is InChI=1S/C17H19F2N/c1-2-3-7-15-13(10-14(18)11-16(15)19)9-12-6-4-5-8-17(12)20/h4-6,8,10-11H,2-3,7,9,20H2,1H3. The van der Waals surface area contributed by atoms with E-state index in [1.807, 2.05) is 18.2 Å². The Kier molecular flexibility index (Phi) is 4.72. The molecule has 0 aliphatic heterocycles. The first-order chi connectivity index (χ1) is 9.61. The van der Waals surface area contributed by atoms with Crippen LogP contribution in [0.15, 0.2) is 36.4 Å². The summed E-state index contributed by atoms with van der Waals surface area (Å²) in [5.41, 5.74) is 8.75. The zero-order valence-corrected chi connectivity index (χ0v) is 11.6. The van der Waals surface area contributed by atoms with Crippen LogP contribution in [0, 0.1) is 11.6 Å². The molecule has 106 valence electrons. The molecule has 0 bridgehead atoms. The predicted octanol–water partition coefficient (Wildman–Crippen LogP) is 4.48. The number of anilines is 1. The van der Waals surface area contributed by atoms with Crippen LogP contribution in [0.25, 0.3) is 0 Å². The average molecular weight is 275 g/mol. The highest BCUT2D eigenvalue weighted by Crippen LogP contribution is 2.23. The third kappa shape index (κ3) is 3.35. The number of nitrogens with two attached hydrogens (primary N) is 1. The average Bonchev–Trinajstić information content (AvgIpc) is 2.40. The van der Waals surface area contributed by atoms with E-state index in [-0.39, 0.29) is 0 Å². The molecule has 0 saturated heterocycles. The number of para-hydroxylation sites is 1. The molecular formula is C17H19F2N. The molecule has 2 rings (SSSR count). The SMILES string of the molecule is CCCCc1c(F)cc(F)cc1Cc1ccccc1N. The summed E-state index contributed by atoms with van der Waals surface area (Å²) in [7, 11) is 0. The molecule has 0 amide bonds. The maximum Gasteiger partial charge on any atom is 0.129 e. The van der Waals surface area contributed by atoms with Gasteiger partial charge in [-0.25, -0.2) is 8.78 Å². The van der Waals surface area contributed by atoms with Gasteiger partial charge in [-0.3, -0.25) is 0 Å². The lowest BCUT2D eigenvalue weighted by Crippen LogP contribution is -2.03. The minimum absolute atomic E-state index is 0.456.